The van der Waals surface area contributed by atoms with E-state index < -0.39 is 0 Å². The van der Waals surface area contributed by atoms with E-state index >= 15 is 0 Å². The first-order valence-corrected chi connectivity index (χ1v) is 9.06. The fourth-order valence-electron chi connectivity index (χ4n) is 2.64. The number of carbonyl (C=O) groups is 1. The molecule has 0 saturated carbocycles. The molecule has 2 heterocycles. The molecule has 29 heavy (non-hydrogen) atoms. The molecule has 0 spiro atoms. The standard InChI is InChI=1S/C22H18N4O3/c27-20(24-14-16-5-4-12-23-13-16)15-28-19-10-8-18(9-11-19)22-25-21(26-29-22)17-6-2-1-3-7-17/h1-13H,14-15H2,(H,24,27). The molecule has 0 radical (unpaired) electrons. The largest absolute Gasteiger partial charge is 0.484 e. The summed E-state index contributed by atoms with van der Waals surface area (Å²) in [6.07, 6.45) is 3.40. The molecule has 0 bridgehead atoms. The molecule has 0 atom stereocenters. The summed E-state index contributed by atoms with van der Waals surface area (Å²) in [5.74, 6) is 1.33. The van der Waals surface area contributed by atoms with Gasteiger partial charge in [0.25, 0.3) is 11.8 Å². The summed E-state index contributed by atoms with van der Waals surface area (Å²) in [4.78, 5) is 20.4. The first-order valence-electron chi connectivity index (χ1n) is 9.06. The van der Waals surface area contributed by atoms with Crippen LogP contribution in [-0.2, 0) is 11.3 Å². The normalized spacial score (nSPS) is 10.5. The lowest BCUT2D eigenvalue weighted by molar-refractivity contribution is -0.123. The number of ether oxygens (including phenoxy) is 1. The molecule has 2 aromatic heterocycles. The van der Waals surface area contributed by atoms with Gasteiger partial charge >= 0.3 is 0 Å². The minimum Gasteiger partial charge on any atom is -0.484 e. The number of aromatic nitrogens is 3. The molecule has 0 saturated heterocycles. The molecule has 0 aliphatic heterocycles. The lowest BCUT2D eigenvalue weighted by Gasteiger charge is -2.07. The Balaban J connectivity index is 1.31. The van der Waals surface area contributed by atoms with E-state index in [9.17, 15) is 4.79 Å². The van der Waals surface area contributed by atoms with E-state index in [1.165, 1.54) is 0 Å². The Morgan fingerprint density at radius 1 is 0.966 bits per heavy atom. The lowest BCUT2D eigenvalue weighted by Crippen LogP contribution is -2.28. The molecule has 0 aliphatic rings. The van der Waals surface area contributed by atoms with Gasteiger partial charge in [0, 0.05) is 30.1 Å². The molecule has 4 aromatic rings. The van der Waals surface area contributed by atoms with Gasteiger partial charge in [-0.3, -0.25) is 9.78 Å². The molecule has 2 aromatic carbocycles. The Kier molecular flexibility index (Phi) is 5.57. The van der Waals surface area contributed by atoms with E-state index in [1.807, 2.05) is 54.6 Å². The number of hydrogen-bond donors (Lipinski definition) is 1. The van der Waals surface area contributed by atoms with Crippen molar-refractivity contribution >= 4 is 5.91 Å². The second-order valence-electron chi connectivity index (χ2n) is 6.24. The third-order valence-corrected chi connectivity index (χ3v) is 4.14. The Bertz CT molecular complexity index is 1060. The van der Waals surface area contributed by atoms with E-state index in [-0.39, 0.29) is 12.5 Å². The number of rotatable bonds is 7. The van der Waals surface area contributed by atoms with Crippen LogP contribution < -0.4 is 10.1 Å². The monoisotopic (exact) mass is 386 g/mol. The van der Waals surface area contributed by atoms with Crippen LogP contribution in [0.5, 0.6) is 5.75 Å². The van der Waals surface area contributed by atoms with Gasteiger partial charge < -0.3 is 14.6 Å². The van der Waals surface area contributed by atoms with Crippen molar-refractivity contribution in [1.82, 2.24) is 20.4 Å². The molecule has 7 heteroatoms. The van der Waals surface area contributed by atoms with Crippen LogP contribution in [0.15, 0.2) is 83.6 Å². The Morgan fingerprint density at radius 3 is 2.55 bits per heavy atom. The summed E-state index contributed by atoms with van der Waals surface area (Å²) in [6.45, 7) is 0.341. The van der Waals surface area contributed by atoms with E-state index in [1.54, 1.807) is 24.5 Å². The van der Waals surface area contributed by atoms with Crippen LogP contribution in [0.2, 0.25) is 0 Å². The summed E-state index contributed by atoms with van der Waals surface area (Å²) in [5.41, 5.74) is 2.59. The summed E-state index contributed by atoms with van der Waals surface area (Å²) in [6, 6.07) is 20.5. The van der Waals surface area contributed by atoms with Crippen LogP contribution >= 0.6 is 0 Å². The molecule has 0 aliphatic carbocycles. The topological polar surface area (TPSA) is 90.1 Å². The fraction of sp³-hybridized carbons (Fsp3) is 0.0909. The quantitative estimate of drug-likeness (QED) is 0.523. The predicted molar refractivity (Wildman–Crippen MR) is 107 cm³/mol. The minimum atomic E-state index is -0.206. The van der Waals surface area contributed by atoms with E-state index in [4.69, 9.17) is 9.26 Å². The maximum Gasteiger partial charge on any atom is 0.258 e. The van der Waals surface area contributed by atoms with Crippen molar-refractivity contribution < 1.29 is 14.1 Å². The number of nitrogens with one attached hydrogen (secondary N) is 1. The zero-order valence-electron chi connectivity index (χ0n) is 15.5. The van der Waals surface area contributed by atoms with E-state index in [0.717, 1.165) is 16.7 Å². The summed E-state index contributed by atoms with van der Waals surface area (Å²) >= 11 is 0. The van der Waals surface area contributed by atoms with Crippen LogP contribution in [0.4, 0.5) is 0 Å². The van der Waals surface area contributed by atoms with E-state index in [0.29, 0.717) is 24.0 Å². The highest BCUT2D eigenvalue weighted by atomic mass is 16.5. The van der Waals surface area contributed by atoms with Gasteiger partial charge in [-0.15, -0.1) is 0 Å². The number of nitrogens with zero attached hydrogens (tertiary/aromatic N) is 3. The van der Waals surface area contributed by atoms with Crippen molar-refractivity contribution in [2.45, 2.75) is 6.54 Å². The molecular formula is C22H18N4O3. The zero-order chi connectivity index (χ0) is 19.9. The van der Waals surface area contributed by atoms with Gasteiger partial charge in [-0.05, 0) is 35.9 Å². The SMILES string of the molecule is O=C(COc1ccc(-c2nc(-c3ccccc3)no2)cc1)NCc1cccnc1. The average Bonchev–Trinajstić information content (AvgIpc) is 3.28. The maximum atomic E-state index is 11.9. The van der Waals surface area contributed by atoms with Crippen molar-refractivity contribution in [1.29, 1.82) is 0 Å². The van der Waals surface area contributed by atoms with Gasteiger partial charge in [-0.2, -0.15) is 4.98 Å². The van der Waals surface area contributed by atoms with Gasteiger partial charge in [0.15, 0.2) is 6.61 Å². The summed E-state index contributed by atoms with van der Waals surface area (Å²) in [7, 11) is 0. The molecular weight excluding hydrogens is 368 g/mol. The Hall–Kier alpha value is -4.00. The molecule has 1 amide bonds. The molecule has 144 valence electrons. The van der Waals surface area contributed by atoms with Crippen molar-refractivity contribution in [3.8, 4) is 28.6 Å². The second-order valence-corrected chi connectivity index (χ2v) is 6.24. The smallest absolute Gasteiger partial charge is 0.258 e. The maximum absolute atomic E-state index is 11.9. The molecule has 4 rings (SSSR count). The van der Waals surface area contributed by atoms with Crippen molar-refractivity contribution in [2.75, 3.05) is 6.61 Å². The van der Waals surface area contributed by atoms with Gasteiger partial charge in [-0.25, -0.2) is 0 Å². The van der Waals surface area contributed by atoms with Crippen LogP contribution in [-0.4, -0.2) is 27.6 Å². The molecule has 0 fully saturated rings. The van der Waals surface area contributed by atoms with Crippen molar-refractivity contribution in [3.05, 3.63) is 84.7 Å². The third-order valence-electron chi connectivity index (χ3n) is 4.14. The van der Waals surface area contributed by atoms with Gasteiger partial charge in [0.05, 0.1) is 0 Å². The zero-order valence-corrected chi connectivity index (χ0v) is 15.5. The van der Waals surface area contributed by atoms with Crippen LogP contribution in [0.3, 0.4) is 0 Å². The highest BCUT2D eigenvalue weighted by molar-refractivity contribution is 5.77. The van der Waals surface area contributed by atoms with Gasteiger partial charge in [-0.1, -0.05) is 41.6 Å². The van der Waals surface area contributed by atoms with Gasteiger partial charge in [0.1, 0.15) is 5.75 Å². The fourth-order valence-corrected chi connectivity index (χ4v) is 2.64. The average molecular weight is 386 g/mol. The van der Waals surface area contributed by atoms with Crippen molar-refractivity contribution in [2.24, 2.45) is 0 Å². The number of amides is 1. The minimum absolute atomic E-state index is 0.0711. The molecule has 7 nitrogen and oxygen atoms in total. The van der Waals surface area contributed by atoms with Crippen LogP contribution in [0.1, 0.15) is 5.56 Å². The molecule has 0 unspecified atom stereocenters. The van der Waals surface area contributed by atoms with Crippen molar-refractivity contribution in [3.63, 3.8) is 0 Å². The van der Waals surface area contributed by atoms with Crippen LogP contribution in [0.25, 0.3) is 22.8 Å². The number of pyridine rings is 1. The number of benzene rings is 2. The first-order chi connectivity index (χ1) is 14.3. The Labute approximate surface area is 167 Å². The summed E-state index contributed by atoms with van der Waals surface area (Å²) in [5, 5.41) is 6.80. The third kappa shape index (κ3) is 4.84. The predicted octanol–water partition coefficient (Wildman–Crippen LogP) is 3.49. The number of hydrogen-bond acceptors (Lipinski definition) is 6. The summed E-state index contributed by atoms with van der Waals surface area (Å²) < 4.78 is 10.9. The number of carbonyl (C=O) groups excluding carboxylic acids is 1. The second kappa shape index (κ2) is 8.79. The van der Waals surface area contributed by atoms with Crippen LogP contribution in [0, 0.1) is 0 Å². The highest BCUT2D eigenvalue weighted by Crippen LogP contribution is 2.24. The lowest BCUT2D eigenvalue weighted by atomic mass is 10.2. The Morgan fingerprint density at radius 2 is 1.79 bits per heavy atom. The van der Waals surface area contributed by atoms with Gasteiger partial charge in [0.2, 0.25) is 5.82 Å². The highest BCUT2D eigenvalue weighted by Gasteiger charge is 2.10. The molecule has 1 N–H and O–H groups in total. The van der Waals surface area contributed by atoms with E-state index in [2.05, 4.69) is 20.4 Å². The first kappa shape index (κ1) is 18.4.